The Balaban J connectivity index is 2.42. The summed E-state index contributed by atoms with van der Waals surface area (Å²) in [4.78, 5) is 18.3. The average Bonchev–Trinajstić information content (AvgIpc) is 2.72. The molecular weight excluding hydrogens is 270 g/mol. The zero-order valence-corrected chi connectivity index (χ0v) is 10.2. The number of rotatable bonds is 1. The van der Waals surface area contributed by atoms with Gasteiger partial charge in [-0.25, -0.2) is 0 Å². The molecule has 3 aromatic rings. The van der Waals surface area contributed by atoms with Crippen molar-refractivity contribution in [2.75, 3.05) is 5.73 Å². The number of H-pyrrole nitrogens is 1. The lowest BCUT2D eigenvalue weighted by atomic mass is 10.1. The molecule has 96 valence electrons. The van der Waals surface area contributed by atoms with Gasteiger partial charge in [-0.15, -0.1) is 5.10 Å². The molecular formula is C11H8ClN5O2. The van der Waals surface area contributed by atoms with Crippen molar-refractivity contribution in [1.82, 2.24) is 19.6 Å². The number of hydrogen-bond acceptors (Lipinski definition) is 5. The van der Waals surface area contributed by atoms with Gasteiger partial charge in [0.1, 0.15) is 5.56 Å². The highest BCUT2D eigenvalue weighted by Crippen LogP contribution is 2.30. The summed E-state index contributed by atoms with van der Waals surface area (Å²) in [6.45, 7) is 0. The van der Waals surface area contributed by atoms with E-state index in [9.17, 15) is 9.90 Å². The normalized spacial score (nSPS) is 11.0. The molecule has 2 aromatic heterocycles. The quantitative estimate of drug-likeness (QED) is 0.615. The van der Waals surface area contributed by atoms with Crippen LogP contribution in [0, 0.1) is 0 Å². The molecule has 8 heteroatoms. The second-order valence-electron chi connectivity index (χ2n) is 3.84. The summed E-state index contributed by atoms with van der Waals surface area (Å²) >= 11 is 6.03. The summed E-state index contributed by atoms with van der Waals surface area (Å²) in [6.07, 6.45) is 0. The molecule has 0 unspecified atom stereocenters. The third kappa shape index (κ3) is 1.71. The van der Waals surface area contributed by atoms with Crippen molar-refractivity contribution >= 4 is 23.3 Å². The highest BCUT2D eigenvalue weighted by molar-refractivity contribution is 6.33. The van der Waals surface area contributed by atoms with Crippen LogP contribution >= 0.6 is 11.6 Å². The monoisotopic (exact) mass is 277 g/mol. The van der Waals surface area contributed by atoms with Crippen molar-refractivity contribution in [3.63, 3.8) is 0 Å². The van der Waals surface area contributed by atoms with Gasteiger partial charge in [0.15, 0.2) is 0 Å². The summed E-state index contributed by atoms with van der Waals surface area (Å²) in [5, 5.41) is 14.3. The Morgan fingerprint density at radius 3 is 2.84 bits per heavy atom. The molecule has 0 aliphatic carbocycles. The molecule has 0 saturated heterocycles. The molecule has 2 heterocycles. The van der Waals surface area contributed by atoms with E-state index in [1.807, 2.05) is 0 Å². The van der Waals surface area contributed by atoms with Crippen molar-refractivity contribution in [2.24, 2.45) is 0 Å². The number of anilines is 1. The van der Waals surface area contributed by atoms with Crippen LogP contribution in [0.4, 0.5) is 5.95 Å². The molecule has 0 spiro atoms. The summed E-state index contributed by atoms with van der Waals surface area (Å²) < 4.78 is 1.05. The smallest absolute Gasteiger partial charge is 0.264 e. The standard InChI is InChI=1S/C11H8ClN5O2/c12-6-4-2-1-3-5(6)7-8(18)14-11-15-10(13)16-17(11)9(7)19/h1-4,19H,(H3,13,14,15,16,18). The first-order valence-electron chi connectivity index (χ1n) is 5.30. The van der Waals surface area contributed by atoms with Gasteiger partial charge in [-0.1, -0.05) is 29.8 Å². The first-order chi connectivity index (χ1) is 9.08. The third-order valence-electron chi connectivity index (χ3n) is 2.64. The minimum Gasteiger partial charge on any atom is -0.493 e. The van der Waals surface area contributed by atoms with Gasteiger partial charge < -0.3 is 10.8 Å². The molecule has 3 rings (SSSR count). The van der Waals surface area contributed by atoms with E-state index in [2.05, 4.69) is 15.1 Å². The summed E-state index contributed by atoms with van der Waals surface area (Å²) in [5.74, 6) is -0.353. The van der Waals surface area contributed by atoms with Crippen LogP contribution in [-0.4, -0.2) is 24.7 Å². The fraction of sp³-hybridized carbons (Fsp3) is 0. The van der Waals surface area contributed by atoms with Crippen LogP contribution in [0.15, 0.2) is 29.1 Å². The van der Waals surface area contributed by atoms with E-state index in [1.165, 1.54) is 0 Å². The van der Waals surface area contributed by atoms with Crippen molar-refractivity contribution in [2.45, 2.75) is 0 Å². The maximum atomic E-state index is 12.0. The fourth-order valence-corrected chi connectivity index (χ4v) is 2.07. The second kappa shape index (κ2) is 3.99. The number of nitrogens with zero attached hydrogens (tertiary/aromatic N) is 3. The Morgan fingerprint density at radius 2 is 2.11 bits per heavy atom. The SMILES string of the molecule is Nc1nc2[nH]c(=O)c(-c3ccccc3Cl)c(O)n2n1. The first kappa shape index (κ1) is 11.5. The predicted octanol–water partition coefficient (Wildman–Crippen LogP) is 1.03. The molecule has 0 saturated carbocycles. The van der Waals surface area contributed by atoms with E-state index >= 15 is 0 Å². The van der Waals surface area contributed by atoms with Crippen molar-refractivity contribution in [3.8, 4) is 17.0 Å². The molecule has 0 bridgehead atoms. The number of aromatic nitrogens is 4. The lowest BCUT2D eigenvalue weighted by Gasteiger charge is -2.06. The molecule has 0 fully saturated rings. The molecule has 0 atom stereocenters. The first-order valence-corrected chi connectivity index (χ1v) is 5.68. The number of fused-ring (bicyclic) bond motifs is 1. The predicted molar refractivity (Wildman–Crippen MR) is 70.1 cm³/mol. The van der Waals surface area contributed by atoms with Gasteiger partial charge in [-0.3, -0.25) is 9.78 Å². The van der Waals surface area contributed by atoms with Crippen molar-refractivity contribution in [3.05, 3.63) is 39.6 Å². The molecule has 1 aromatic carbocycles. The molecule has 0 amide bonds. The lowest BCUT2D eigenvalue weighted by molar-refractivity contribution is 0.437. The third-order valence-corrected chi connectivity index (χ3v) is 2.97. The molecule has 7 nitrogen and oxygen atoms in total. The topological polar surface area (TPSA) is 109 Å². The summed E-state index contributed by atoms with van der Waals surface area (Å²) in [6, 6.07) is 6.68. The number of nitrogen functional groups attached to an aromatic ring is 1. The van der Waals surface area contributed by atoms with Crippen LogP contribution in [0.3, 0.4) is 0 Å². The number of hydrogen-bond donors (Lipinski definition) is 3. The maximum Gasteiger partial charge on any atom is 0.264 e. The largest absolute Gasteiger partial charge is 0.493 e. The van der Waals surface area contributed by atoms with Crippen LogP contribution < -0.4 is 11.3 Å². The number of aromatic hydroxyl groups is 1. The van der Waals surface area contributed by atoms with E-state index in [0.29, 0.717) is 10.6 Å². The van der Waals surface area contributed by atoms with Gasteiger partial charge in [0.05, 0.1) is 0 Å². The van der Waals surface area contributed by atoms with Crippen LogP contribution in [0.25, 0.3) is 16.9 Å². The second-order valence-corrected chi connectivity index (χ2v) is 4.25. The van der Waals surface area contributed by atoms with Gasteiger partial charge >= 0.3 is 0 Å². The minimum absolute atomic E-state index is 0.0167. The van der Waals surface area contributed by atoms with Gasteiger partial charge in [0.25, 0.3) is 5.56 Å². The number of halogens is 1. The van der Waals surface area contributed by atoms with Crippen molar-refractivity contribution in [1.29, 1.82) is 0 Å². The van der Waals surface area contributed by atoms with Crippen LogP contribution in [-0.2, 0) is 0 Å². The molecule has 0 aliphatic heterocycles. The highest BCUT2D eigenvalue weighted by atomic mass is 35.5. The average molecular weight is 278 g/mol. The molecule has 19 heavy (non-hydrogen) atoms. The Morgan fingerprint density at radius 1 is 1.37 bits per heavy atom. The van der Waals surface area contributed by atoms with E-state index in [1.54, 1.807) is 24.3 Å². The maximum absolute atomic E-state index is 12.0. The Bertz CT molecular complexity index is 839. The number of benzene rings is 1. The van der Waals surface area contributed by atoms with Crippen molar-refractivity contribution < 1.29 is 5.11 Å². The van der Waals surface area contributed by atoms with Gasteiger partial charge in [0, 0.05) is 10.6 Å². The highest BCUT2D eigenvalue weighted by Gasteiger charge is 2.18. The van der Waals surface area contributed by atoms with E-state index in [-0.39, 0.29) is 23.2 Å². The van der Waals surface area contributed by atoms with Gasteiger partial charge in [0.2, 0.25) is 17.6 Å². The van der Waals surface area contributed by atoms with E-state index in [4.69, 9.17) is 17.3 Å². The Labute approximate surface area is 111 Å². The van der Waals surface area contributed by atoms with E-state index in [0.717, 1.165) is 4.52 Å². The fourth-order valence-electron chi connectivity index (χ4n) is 1.83. The zero-order chi connectivity index (χ0) is 13.6. The number of nitrogens with one attached hydrogen (secondary N) is 1. The van der Waals surface area contributed by atoms with E-state index < -0.39 is 5.56 Å². The van der Waals surface area contributed by atoms with Crippen LogP contribution in [0.5, 0.6) is 5.88 Å². The number of nitrogens with two attached hydrogens (primary N) is 1. The van der Waals surface area contributed by atoms with Crippen LogP contribution in [0.1, 0.15) is 0 Å². The minimum atomic E-state index is -0.523. The van der Waals surface area contributed by atoms with Gasteiger partial charge in [-0.05, 0) is 6.07 Å². The molecule has 4 N–H and O–H groups in total. The Kier molecular flexibility index (Phi) is 2.42. The molecule has 0 radical (unpaired) electrons. The number of aromatic amines is 1. The zero-order valence-electron chi connectivity index (χ0n) is 9.46. The summed E-state index contributed by atoms with van der Waals surface area (Å²) in [5.41, 5.74) is 5.32. The van der Waals surface area contributed by atoms with Gasteiger partial charge in [-0.2, -0.15) is 9.50 Å². The summed E-state index contributed by atoms with van der Waals surface area (Å²) in [7, 11) is 0. The Hall–Kier alpha value is -2.54. The van der Waals surface area contributed by atoms with Crippen LogP contribution in [0.2, 0.25) is 5.02 Å². The lowest BCUT2D eigenvalue weighted by Crippen LogP contribution is -2.13. The molecule has 0 aliphatic rings.